The van der Waals surface area contributed by atoms with Crippen LogP contribution in [0.5, 0.6) is 0 Å². The molecule has 1 saturated heterocycles. The fraction of sp³-hybridized carbons (Fsp3) is 0.526. The summed E-state index contributed by atoms with van der Waals surface area (Å²) < 4.78 is 51.1. The second-order valence-electron chi connectivity index (χ2n) is 7.26. The molecule has 0 bridgehead atoms. The highest BCUT2D eigenvalue weighted by atomic mass is 32.2. The van der Waals surface area contributed by atoms with Crippen molar-refractivity contribution in [3.8, 4) is 0 Å². The van der Waals surface area contributed by atoms with Crippen LogP contribution in [0.4, 0.5) is 10.1 Å². The number of carbonyl (C=O) groups excluding carboxylic acids is 1. The highest BCUT2D eigenvalue weighted by Crippen LogP contribution is 2.24. The Morgan fingerprint density at radius 1 is 1.30 bits per heavy atom. The van der Waals surface area contributed by atoms with Crippen LogP contribution >= 0.6 is 0 Å². The second-order valence-corrected chi connectivity index (χ2v) is 9.17. The molecule has 1 amide bonds. The van der Waals surface area contributed by atoms with E-state index in [-0.39, 0.29) is 50.2 Å². The van der Waals surface area contributed by atoms with Crippen LogP contribution in [-0.4, -0.2) is 55.1 Å². The zero-order valence-electron chi connectivity index (χ0n) is 16.9. The van der Waals surface area contributed by atoms with E-state index in [2.05, 4.69) is 15.5 Å². The van der Waals surface area contributed by atoms with E-state index in [0.29, 0.717) is 24.6 Å². The fourth-order valence-electron chi connectivity index (χ4n) is 2.93. The number of sulfonamides is 1. The zero-order valence-corrected chi connectivity index (χ0v) is 17.7. The lowest BCUT2D eigenvalue weighted by Crippen LogP contribution is -2.40. The molecule has 2 aromatic rings. The van der Waals surface area contributed by atoms with Gasteiger partial charge in [-0.15, -0.1) is 0 Å². The second kappa shape index (κ2) is 9.63. The molecule has 0 unspecified atom stereocenters. The lowest BCUT2D eigenvalue weighted by molar-refractivity contribution is -0.116. The predicted molar refractivity (Wildman–Crippen MR) is 106 cm³/mol. The maximum absolute atomic E-state index is 14.2. The molecule has 11 heteroatoms. The van der Waals surface area contributed by atoms with Gasteiger partial charge in [-0.25, -0.2) is 12.8 Å². The van der Waals surface area contributed by atoms with Gasteiger partial charge in [-0.2, -0.15) is 9.29 Å². The number of nitrogens with one attached hydrogen (secondary N) is 1. The molecule has 1 aliphatic rings. The fourth-order valence-corrected chi connectivity index (χ4v) is 4.43. The first-order valence-corrected chi connectivity index (χ1v) is 11.2. The van der Waals surface area contributed by atoms with Crippen molar-refractivity contribution in [3.63, 3.8) is 0 Å². The van der Waals surface area contributed by atoms with E-state index in [1.54, 1.807) is 0 Å². The molecule has 0 spiro atoms. The maximum Gasteiger partial charge on any atom is 0.246 e. The number of rotatable bonds is 8. The zero-order chi connectivity index (χ0) is 21.7. The van der Waals surface area contributed by atoms with Crippen molar-refractivity contribution in [2.45, 2.75) is 43.9 Å². The number of anilines is 1. The third-order valence-electron chi connectivity index (χ3n) is 4.60. The van der Waals surface area contributed by atoms with Crippen LogP contribution in [0.3, 0.4) is 0 Å². The number of halogens is 1. The number of benzene rings is 1. The first-order valence-electron chi connectivity index (χ1n) is 9.77. The van der Waals surface area contributed by atoms with Crippen LogP contribution in [0.2, 0.25) is 0 Å². The van der Waals surface area contributed by atoms with Crippen molar-refractivity contribution in [3.05, 3.63) is 35.7 Å². The van der Waals surface area contributed by atoms with Gasteiger partial charge in [-0.3, -0.25) is 4.79 Å². The number of morpholine rings is 1. The number of aryl methyl sites for hydroxylation is 1. The third kappa shape index (κ3) is 5.41. The van der Waals surface area contributed by atoms with E-state index in [0.717, 1.165) is 12.1 Å². The van der Waals surface area contributed by atoms with Crippen LogP contribution in [0.25, 0.3) is 0 Å². The van der Waals surface area contributed by atoms with Gasteiger partial charge in [0.15, 0.2) is 5.82 Å². The molecule has 30 heavy (non-hydrogen) atoms. The molecule has 2 heterocycles. The normalized spacial score (nSPS) is 15.5. The van der Waals surface area contributed by atoms with Gasteiger partial charge in [0, 0.05) is 37.5 Å². The molecule has 164 valence electrons. The minimum Gasteiger partial charge on any atom is -0.379 e. The topological polar surface area (TPSA) is 115 Å². The number of hydrogen-bond donors (Lipinski definition) is 1. The molecule has 0 aliphatic carbocycles. The van der Waals surface area contributed by atoms with Crippen molar-refractivity contribution >= 4 is 21.6 Å². The molecule has 3 rings (SSSR count). The maximum atomic E-state index is 14.2. The van der Waals surface area contributed by atoms with Gasteiger partial charge in [-0.05, 0) is 24.6 Å². The number of aromatic nitrogens is 2. The Kier molecular flexibility index (Phi) is 7.16. The van der Waals surface area contributed by atoms with Crippen molar-refractivity contribution in [2.75, 3.05) is 31.6 Å². The Morgan fingerprint density at radius 3 is 2.70 bits per heavy atom. The lowest BCUT2D eigenvalue weighted by Gasteiger charge is -2.26. The molecule has 1 aromatic carbocycles. The van der Waals surface area contributed by atoms with Gasteiger partial charge in [0.2, 0.25) is 21.8 Å². The summed E-state index contributed by atoms with van der Waals surface area (Å²) in [6.45, 7) is 4.75. The number of hydrogen-bond acceptors (Lipinski definition) is 7. The summed E-state index contributed by atoms with van der Waals surface area (Å²) in [5, 5.41) is 6.48. The minimum atomic E-state index is -4.01. The van der Waals surface area contributed by atoms with E-state index < -0.39 is 20.7 Å². The van der Waals surface area contributed by atoms with Crippen molar-refractivity contribution in [1.82, 2.24) is 14.4 Å². The highest BCUT2D eigenvalue weighted by Gasteiger charge is 2.29. The third-order valence-corrected chi connectivity index (χ3v) is 6.51. The van der Waals surface area contributed by atoms with Crippen LogP contribution < -0.4 is 5.32 Å². The summed E-state index contributed by atoms with van der Waals surface area (Å²) in [6, 6.07) is 3.51. The first kappa shape index (κ1) is 22.3. The summed E-state index contributed by atoms with van der Waals surface area (Å²) >= 11 is 0. The Labute approximate surface area is 174 Å². The molecule has 1 aromatic heterocycles. The van der Waals surface area contributed by atoms with Crippen LogP contribution in [-0.2, 0) is 26.0 Å². The molecule has 1 aliphatic heterocycles. The van der Waals surface area contributed by atoms with E-state index in [9.17, 15) is 17.6 Å². The largest absolute Gasteiger partial charge is 0.379 e. The van der Waals surface area contributed by atoms with Crippen LogP contribution in [0, 0.1) is 5.82 Å². The summed E-state index contributed by atoms with van der Waals surface area (Å²) in [6.07, 6.45) is 1.10. The summed E-state index contributed by atoms with van der Waals surface area (Å²) in [4.78, 5) is 16.0. The van der Waals surface area contributed by atoms with Gasteiger partial charge >= 0.3 is 0 Å². The molecule has 0 atom stereocenters. The standard InChI is InChI=1S/C19H25FN4O5S/c1-13(2)19-22-18(29-23-19)5-3-4-17(25)21-14-6-7-15(20)16(12-14)30(26,27)24-8-10-28-11-9-24/h6-7,12-13H,3-5,8-11H2,1-2H3,(H,21,25). The average molecular weight is 440 g/mol. The van der Waals surface area contributed by atoms with Crippen molar-refractivity contribution in [1.29, 1.82) is 0 Å². The number of amides is 1. The SMILES string of the molecule is CC(C)c1noc(CCCC(=O)Nc2ccc(F)c(S(=O)(=O)N3CCOCC3)c2)n1. The van der Waals surface area contributed by atoms with Gasteiger partial charge in [0.1, 0.15) is 10.7 Å². The van der Waals surface area contributed by atoms with E-state index in [4.69, 9.17) is 9.26 Å². The van der Waals surface area contributed by atoms with Crippen molar-refractivity contribution < 1.29 is 26.9 Å². The molecular weight excluding hydrogens is 415 g/mol. The Balaban J connectivity index is 1.59. The lowest BCUT2D eigenvalue weighted by atomic mass is 10.2. The Hall–Kier alpha value is -2.37. The molecule has 0 radical (unpaired) electrons. The summed E-state index contributed by atoms with van der Waals surface area (Å²) in [7, 11) is -4.01. The van der Waals surface area contributed by atoms with Crippen LogP contribution in [0.1, 0.15) is 44.3 Å². The van der Waals surface area contributed by atoms with E-state index >= 15 is 0 Å². The quantitative estimate of drug-likeness (QED) is 0.670. The average Bonchev–Trinajstić information content (AvgIpc) is 3.19. The van der Waals surface area contributed by atoms with Gasteiger partial charge in [-0.1, -0.05) is 19.0 Å². The molecule has 1 N–H and O–H groups in total. The summed E-state index contributed by atoms with van der Waals surface area (Å²) in [5.74, 6) is 0.0610. The van der Waals surface area contributed by atoms with E-state index in [1.165, 1.54) is 10.4 Å². The van der Waals surface area contributed by atoms with Crippen molar-refractivity contribution in [2.24, 2.45) is 0 Å². The van der Waals surface area contributed by atoms with Gasteiger partial charge in [0.05, 0.1) is 13.2 Å². The first-order chi connectivity index (χ1) is 14.3. The van der Waals surface area contributed by atoms with Gasteiger partial charge in [0.25, 0.3) is 0 Å². The number of ether oxygens (including phenoxy) is 1. The predicted octanol–water partition coefficient (Wildman–Crippen LogP) is 2.31. The molecule has 1 fully saturated rings. The highest BCUT2D eigenvalue weighted by molar-refractivity contribution is 7.89. The molecule has 9 nitrogen and oxygen atoms in total. The Bertz CT molecular complexity index is 987. The van der Waals surface area contributed by atoms with Crippen LogP contribution in [0.15, 0.2) is 27.6 Å². The monoisotopic (exact) mass is 440 g/mol. The molecule has 0 saturated carbocycles. The van der Waals surface area contributed by atoms with Gasteiger partial charge < -0.3 is 14.6 Å². The minimum absolute atomic E-state index is 0.159. The summed E-state index contributed by atoms with van der Waals surface area (Å²) in [5.41, 5.74) is 0.216. The molecular formula is C19H25FN4O5S. The smallest absolute Gasteiger partial charge is 0.246 e. The van der Waals surface area contributed by atoms with E-state index in [1.807, 2.05) is 13.8 Å². The Morgan fingerprint density at radius 2 is 2.03 bits per heavy atom. The number of carbonyl (C=O) groups is 1. The number of nitrogens with zero attached hydrogens (tertiary/aromatic N) is 3.